The lowest BCUT2D eigenvalue weighted by molar-refractivity contribution is 0.0330. The molecule has 2 aliphatic heterocycles. The molecule has 3 aliphatic rings. The minimum Gasteiger partial charge on any atom is -0.497 e. The van der Waals surface area contributed by atoms with Gasteiger partial charge in [-0.3, -0.25) is 4.90 Å². The van der Waals surface area contributed by atoms with Crippen molar-refractivity contribution in [3.8, 4) is 5.75 Å². The van der Waals surface area contributed by atoms with Crippen LogP contribution in [0.5, 0.6) is 5.75 Å². The van der Waals surface area contributed by atoms with Crippen LogP contribution < -0.4 is 4.74 Å². The molecule has 0 spiro atoms. The van der Waals surface area contributed by atoms with Crippen LogP contribution in [0.2, 0.25) is 0 Å². The molecule has 2 heterocycles. The van der Waals surface area contributed by atoms with Crippen molar-refractivity contribution in [2.75, 3.05) is 53.0 Å². The first-order valence-corrected chi connectivity index (χ1v) is 11.7. The van der Waals surface area contributed by atoms with Crippen LogP contribution in [0.4, 0.5) is 4.79 Å². The molecular formula is C24H37N3O3. The second kappa shape index (κ2) is 10.0. The Hall–Kier alpha value is -1.79. The Kier molecular flexibility index (Phi) is 7.16. The molecule has 0 radical (unpaired) electrons. The van der Waals surface area contributed by atoms with Gasteiger partial charge in [-0.25, -0.2) is 4.79 Å². The summed E-state index contributed by atoms with van der Waals surface area (Å²) in [6.07, 6.45) is 6.83. The Morgan fingerprint density at radius 1 is 1.07 bits per heavy atom. The van der Waals surface area contributed by atoms with Crippen LogP contribution >= 0.6 is 0 Å². The molecule has 0 saturated carbocycles. The van der Waals surface area contributed by atoms with Gasteiger partial charge in [0.25, 0.3) is 0 Å². The van der Waals surface area contributed by atoms with E-state index in [4.69, 9.17) is 9.47 Å². The lowest BCUT2D eigenvalue weighted by Crippen LogP contribution is -2.54. The molecular weight excluding hydrogens is 378 g/mol. The summed E-state index contributed by atoms with van der Waals surface area (Å²) in [6, 6.07) is 7.94. The van der Waals surface area contributed by atoms with E-state index >= 15 is 0 Å². The molecule has 1 atom stereocenters. The Morgan fingerprint density at radius 3 is 2.50 bits per heavy atom. The third-order valence-electron chi connectivity index (χ3n) is 7.05. The summed E-state index contributed by atoms with van der Waals surface area (Å²) < 4.78 is 10.9. The van der Waals surface area contributed by atoms with E-state index in [-0.39, 0.29) is 6.03 Å². The van der Waals surface area contributed by atoms with Gasteiger partial charge in [0.15, 0.2) is 0 Å². The van der Waals surface area contributed by atoms with Gasteiger partial charge in [0, 0.05) is 38.3 Å². The summed E-state index contributed by atoms with van der Waals surface area (Å²) in [7, 11) is 1.75. The van der Waals surface area contributed by atoms with Crippen molar-refractivity contribution in [1.29, 1.82) is 0 Å². The molecule has 6 heteroatoms. The normalized spacial score (nSPS) is 22.8. The number of methoxy groups -OCH3 is 1. The van der Waals surface area contributed by atoms with Crippen molar-refractivity contribution >= 4 is 6.03 Å². The van der Waals surface area contributed by atoms with Crippen LogP contribution in [0, 0.1) is 0 Å². The zero-order chi connectivity index (χ0) is 20.9. The van der Waals surface area contributed by atoms with E-state index < -0.39 is 0 Å². The first-order valence-electron chi connectivity index (χ1n) is 11.7. The Bertz CT molecular complexity index is 712. The molecule has 0 aromatic heterocycles. The molecule has 1 aromatic rings. The molecule has 0 bridgehead atoms. The number of ether oxygens (including phenoxy) is 2. The molecule has 2 fully saturated rings. The van der Waals surface area contributed by atoms with Gasteiger partial charge in [-0.2, -0.15) is 0 Å². The predicted molar refractivity (Wildman–Crippen MR) is 118 cm³/mol. The fourth-order valence-corrected chi connectivity index (χ4v) is 5.39. The van der Waals surface area contributed by atoms with Crippen molar-refractivity contribution in [2.45, 2.75) is 57.5 Å². The number of morpholine rings is 1. The van der Waals surface area contributed by atoms with Gasteiger partial charge in [-0.05, 0) is 68.3 Å². The van der Waals surface area contributed by atoms with Gasteiger partial charge >= 0.3 is 6.03 Å². The lowest BCUT2D eigenvalue weighted by Gasteiger charge is -2.44. The monoisotopic (exact) mass is 415 g/mol. The van der Waals surface area contributed by atoms with Gasteiger partial charge in [0.2, 0.25) is 0 Å². The second-order valence-electron chi connectivity index (χ2n) is 8.87. The van der Waals surface area contributed by atoms with Gasteiger partial charge in [-0.1, -0.05) is 13.0 Å². The average molecular weight is 416 g/mol. The summed E-state index contributed by atoms with van der Waals surface area (Å²) in [6.45, 7) is 7.96. The molecule has 0 N–H and O–H groups in total. The molecule has 166 valence electrons. The highest BCUT2D eigenvalue weighted by molar-refractivity contribution is 5.74. The zero-order valence-electron chi connectivity index (χ0n) is 18.6. The zero-order valence-corrected chi connectivity index (χ0v) is 18.6. The van der Waals surface area contributed by atoms with E-state index in [0.717, 1.165) is 64.2 Å². The summed E-state index contributed by atoms with van der Waals surface area (Å²) >= 11 is 0. The molecule has 30 heavy (non-hydrogen) atoms. The number of carbonyl (C=O) groups is 1. The van der Waals surface area contributed by atoms with Crippen molar-refractivity contribution < 1.29 is 14.3 Å². The highest BCUT2D eigenvalue weighted by Gasteiger charge is 2.33. The number of hydrogen-bond donors (Lipinski definition) is 0. The van der Waals surface area contributed by atoms with Crippen molar-refractivity contribution in [2.24, 2.45) is 0 Å². The third-order valence-corrected chi connectivity index (χ3v) is 7.05. The van der Waals surface area contributed by atoms with Crippen molar-refractivity contribution in [3.05, 3.63) is 29.3 Å². The summed E-state index contributed by atoms with van der Waals surface area (Å²) in [5, 5.41) is 0. The number of fused-ring (bicyclic) bond motifs is 1. The highest BCUT2D eigenvalue weighted by Crippen LogP contribution is 2.31. The first-order chi connectivity index (χ1) is 14.7. The average Bonchev–Trinajstić information content (AvgIpc) is 2.82. The minimum atomic E-state index is 0.206. The maximum atomic E-state index is 12.8. The van der Waals surface area contributed by atoms with E-state index in [0.29, 0.717) is 25.3 Å². The standard InChI is InChI=1S/C24H37N3O3/c1-3-10-27(22-6-4-19-5-7-23(29-2)18-20(19)17-22)21-8-11-25(12-9-21)24(28)26-13-15-30-16-14-26/h5,7,18,21-22H,3-4,6,8-17H2,1-2H3/t22-/m1/s1. The summed E-state index contributed by atoms with van der Waals surface area (Å²) in [5.41, 5.74) is 2.93. The number of likely N-dealkylation sites (tertiary alicyclic amines) is 1. The van der Waals surface area contributed by atoms with Crippen molar-refractivity contribution in [3.63, 3.8) is 0 Å². The van der Waals surface area contributed by atoms with Crippen LogP contribution in [0.15, 0.2) is 18.2 Å². The van der Waals surface area contributed by atoms with Crippen LogP contribution in [-0.2, 0) is 17.6 Å². The third kappa shape index (κ3) is 4.75. The van der Waals surface area contributed by atoms with E-state index in [9.17, 15) is 4.79 Å². The van der Waals surface area contributed by atoms with E-state index in [2.05, 4.69) is 34.9 Å². The molecule has 1 aromatic carbocycles. The van der Waals surface area contributed by atoms with E-state index in [1.165, 1.54) is 24.0 Å². The predicted octanol–water partition coefficient (Wildman–Crippen LogP) is 3.18. The largest absolute Gasteiger partial charge is 0.497 e. The van der Waals surface area contributed by atoms with E-state index in [1.54, 1.807) is 7.11 Å². The number of carbonyl (C=O) groups excluding carboxylic acids is 1. The molecule has 2 saturated heterocycles. The number of piperidine rings is 1. The fourth-order valence-electron chi connectivity index (χ4n) is 5.39. The SMILES string of the molecule is CCCN(C1CCN(C(=O)N2CCOCC2)CC1)[C@@H]1CCc2ccc(OC)cc2C1. The molecule has 6 nitrogen and oxygen atoms in total. The number of nitrogens with zero attached hydrogens (tertiary/aromatic N) is 3. The Morgan fingerprint density at radius 2 is 1.80 bits per heavy atom. The quantitative estimate of drug-likeness (QED) is 0.741. The number of aryl methyl sites for hydroxylation is 1. The van der Waals surface area contributed by atoms with Gasteiger partial charge in [-0.15, -0.1) is 0 Å². The Labute approximate surface area is 181 Å². The van der Waals surface area contributed by atoms with Gasteiger partial charge in [0.1, 0.15) is 5.75 Å². The molecule has 2 amide bonds. The fraction of sp³-hybridized carbons (Fsp3) is 0.708. The maximum absolute atomic E-state index is 12.8. The second-order valence-corrected chi connectivity index (χ2v) is 8.87. The van der Waals surface area contributed by atoms with Gasteiger partial charge < -0.3 is 19.3 Å². The maximum Gasteiger partial charge on any atom is 0.320 e. The smallest absolute Gasteiger partial charge is 0.320 e. The minimum absolute atomic E-state index is 0.206. The van der Waals surface area contributed by atoms with Crippen LogP contribution in [-0.4, -0.2) is 85.9 Å². The van der Waals surface area contributed by atoms with E-state index in [1.807, 2.05) is 4.90 Å². The van der Waals surface area contributed by atoms with Crippen LogP contribution in [0.1, 0.15) is 43.7 Å². The van der Waals surface area contributed by atoms with Crippen LogP contribution in [0.3, 0.4) is 0 Å². The summed E-state index contributed by atoms with van der Waals surface area (Å²) in [5.74, 6) is 0.964. The van der Waals surface area contributed by atoms with Gasteiger partial charge in [0.05, 0.1) is 20.3 Å². The topological polar surface area (TPSA) is 45.2 Å². The molecule has 0 unspecified atom stereocenters. The number of amides is 2. The number of urea groups is 1. The Balaban J connectivity index is 1.37. The summed E-state index contributed by atoms with van der Waals surface area (Å²) in [4.78, 5) is 19.6. The highest BCUT2D eigenvalue weighted by atomic mass is 16.5. The number of hydrogen-bond acceptors (Lipinski definition) is 4. The number of rotatable bonds is 5. The molecule has 4 rings (SSSR count). The number of benzene rings is 1. The van der Waals surface area contributed by atoms with Crippen LogP contribution in [0.25, 0.3) is 0 Å². The van der Waals surface area contributed by atoms with Crippen molar-refractivity contribution in [1.82, 2.24) is 14.7 Å². The lowest BCUT2D eigenvalue weighted by atomic mass is 9.86. The first kappa shape index (κ1) is 21.4. The molecule has 1 aliphatic carbocycles.